The highest BCUT2D eigenvalue weighted by molar-refractivity contribution is 5.92. The van der Waals surface area contributed by atoms with Crippen LogP contribution in [0.25, 0.3) is 0 Å². The van der Waals surface area contributed by atoms with E-state index < -0.39 is 5.54 Å². The second-order valence-corrected chi connectivity index (χ2v) is 5.07. The van der Waals surface area contributed by atoms with E-state index in [1.807, 2.05) is 18.2 Å². The number of nitriles is 1. The lowest BCUT2D eigenvalue weighted by Crippen LogP contribution is -2.51. The number of aryl methyl sites for hydroxylation is 1. The molecule has 1 heterocycles. The number of hydrogen-bond donors (Lipinski definition) is 1. The topological polar surface area (TPSA) is 66.0 Å². The molecule has 2 aromatic rings. The molecule has 1 aliphatic carbocycles. The first-order valence-corrected chi connectivity index (χ1v) is 6.56. The zero-order chi connectivity index (χ0) is 14.0. The van der Waals surface area contributed by atoms with Crippen molar-refractivity contribution in [2.45, 2.75) is 24.8 Å². The SMILES string of the molecule is N#C[C@]1(NC(=O)c2ccco2)CCc2ccccc2C1. The van der Waals surface area contributed by atoms with Crippen molar-refractivity contribution in [1.29, 1.82) is 5.26 Å². The minimum absolute atomic E-state index is 0.235. The molecule has 1 atom stereocenters. The van der Waals surface area contributed by atoms with Crippen LogP contribution in [0.15, 0.2) is 47.1 Å². The van der Waals surface area contributed by atoms with Gasteiger partial charge in [0.05, 0.1) is 12.3 Å². The molecule has 0 saturated carbocycles. The molecule has 1 aromatic carbocycles. The highest BCUT2D eigenvalue weighted by Gasteiger charge is 2.36. The largest absolute Gasteiger partial charge is 0.459 e. The summed E-state index contributed by atoms with van der Waals surface area (Å²) in [4.78, 5) is 12.1. The molecular formula is C16H14N2O2. The van der Waals surface area contributed by atoms with Crippen LogP contribution in [0.3, 0.4) is 0 Å². The quantitative estimate of drug-likeness (QED) is 0.908. The average molecular weight is 266 g/mol. The molecular weight excluding hydrogens is 252 g/mol. The van der Waals surface area contributed by atoms with Gasteiger partial charge in [0.1, 0.15) is 5.54 Å². The van der Waals surface area contributed by atoms with Gasteiger partial charge < -0.3 is 9.73 Å². The Balaban J connectivity index is 1.84. The summed E-state index contributed by atoms with van der Waals surface area (Å²) in [7, 11) is 0. The summed E-state index contributed by atoms with van der Waals surface area (Å²) >= 11 is 0. The molecule has 0 fully saturated rings. The van der Waals surface area contributed by atoms with Crippen LogP contribution in [0.1, 0.15) is 28.1 Å². The summed E-state index contributed by atoms with van der Waals surface area (Å²) in [6.45, 7) is 0. The smallest absolute Gasteiger partial charge is 0.288 e. The van der Waals surface area contributed by atoms with E-state index in [0.29, 0.717) is 12.8 Å². The highest BCUT2D eigenvalue weighted by Crippen LogP contribution is 2.28. The zero-order valence-electron chi connectivity index (χ0n) is 10.9. The molecule has 1 N–H and O–H groups in total. The van der Waals surface area contributed by atoms with Crippen molar-refractivity contribution in [2.75, 3.05) is 0 Å². The van der Waals surface area contributed by atoms with Gasteiger partial charge in [0.2, 0.25) is 0 Å². The van der Waals surface area contributed by atoms with E-state index in [0.717, 1.165) is 12.0 Å². The van der Waals surface area contributed by atoms with Crippen LogP contribution >= 0.6 is 0 Å². The number of nitrogens with zero attached hydrogens (tertiary/aromatic N) is 1. The Kier molecular flexibility index (Phi) is 3.03. The van der Waals surface area contributed by atoms with Crippen LogP contribution in [0.5, 0.6) is 0 Å². The Morgan fingerprint density at radius 2 is 2.05 bits per heavy atom. The molecule has 20 heavy (non-hydrogen) atoms. The van der Waals surface area contributed by atoms with E-state index in [4.69, 9.17) is 4.42 Å². The predicted molar refractivity (Wildman–Crippen MR) is 73.0 cm³/mol. The zero-order valence-corrected chi connectivity index (χ0v) is 10.9. The number of furan rings is 1. The van der Waals surface area contributed by atoms with Crippen molar-refractivity contribution in [3.05, 3.63) is 59.5 Å². The molecule has 4 nitrogen and oxygen atoms in total. The molecule has 0 unspecified atom stereocenters. The second-order valence-electron chi connectivity index (χ2n) is 5.07. The lowest BCUT2D eigenvalue weighted by atomic mass is 9.79. The Labute approximate surface area is 117 Å². The summed E-state index contributed by atoms with van der Waals surface area (Å²) in [5, 5.41) is 12.3. The van der Waals surface area contributed by atoms with Gasteiger partial charge in [-0.25, -0.2) is 0 Å². The van der Waals surface area contributed by atoms with Crippen LogP contribution in [-0.4, -0.2) is 11.4 Å². The fraction of sp³-hybridized carbons (Fsp3) is 0.250. The summed E-state index contributed by atoms with van der Waals surface area (Å²) in [6, 6.07) is 13.6. The Hall–Kier alpha value is -2.54. The van der Waals surface area contributed by atoms with Crippen LogP contribution in [-0.2, 0) is 12.8 Å². The Morgan fingerprint density at radius 1 is 1.25 bits per heavy atom. The number of carbonyl (C=O) groups excluding carboxylic acids is 1. The first kappa shape index (κ1) is 12.5. The number of amides is 1. The summed E-state index contributed by atoms with van der Waals surface area (Å²) in [5.74, 6) is -0.102. The van der Waals surface area contributed by atoms with Gasteiger partial charge in [-0.1, -0.05) is 24.3 Å². The van der Waals surface area contributed by atoms with Gasteiger partial charge in [-0.15, -0.1) is 0 Å². The molecule has 0 aliphatic heterocycles. The van der Waals surface area contributed by atoms with Crippen LogP contribution in [0.4, 0.5) is 0 Å². The molecule has 0 bridgehead atoms. The molecule has 1 aliphatic rings. The van der Waals surface area contributed by atoms with Crippen LogP contribution in [0.2, 0.25) is 0 Å². The fourth-order valence-electron chi connectivity index (χ4n) is 2.65. The number of hydrogen-bond acceptors (Lipinski definition) is 3. The van der Waals surface area contributed by atoms with Crippen molar-refractivity contribution in [2.24, 2.45) is 0 Å². The average Bonchev–Trinajstić information content (AvgIpc) is 3.01. The second kappa shape index (κ2) is 4.86. The number of fused-ring (bicyclic) bond motifs is 1. The summed E-state index contributed by atoms with van der Waals surface area (Å²) in [5.41, 5.74) is 1.53. The Morgan fingerprint density at radius 3 is 2.75 bits per heavy atom. The van der Waals surface area contributed by atoms with E-state index in [-0.39, 0.29) is 11.7 Å². The van der Waals surface area contributed by atoms with Gasteiger partial charge in [0.15, 0.2) is 5.76 Å². The molecule has 100 valence electrons. The van der Waals surface area contributed by atoms with Gasteiger partial charge in [0.25, 0.3) is 5.91 Å². The maximum absolute atomic E-state index is 12.1. The van der Waals surface area contributed by atoms with Crippen molar-refractivity contribution in [3.63, 3.8) is 0 Å². The standard InChI is InChI=1S/C16H14N2O2/c17-11-16(18-15(19)14-6-3-9-20-14)8-7-12-4-1-2-5-13(12)10-16/h1-6,9H,7-8,10H2,(H,18,19)/t16-/m0/s1. The van der Waals surface area contributed by atoms with Crippen molar-refractivity contribution >= 4 is 5.91 Å². The summed E-state index contributed by atoms with van der Waals surface area (Å²) in [6.07, 6.45) is 3.39. The third-order valence-electron chi connectivity index (χ3n) is 3.74. The van der Waals surface area contributed by atoms with E-state index in [9.17, 15) is 10.1 Å². The van der Waals surface area contributed by atoms with Gasteiger partial charge >= 0.3 is 0 Å². The number of rotatable bonds is 2. The lowest BCUT2D eigenvalue weighted by Gasteiger charge is -2.32. The van der Waals surface area contributed by atoms with Crippen molar-refractivity contribution in [1.82, 2.24) is 5.32 Å². The maximum Gasteiger partial charge on any atom is 0.288 e. The van der Waals surface area contributed by atoms with Crippen LogP contribution < -0.4 is 5.32 Å². The van der Waals surface area contributed by atoms with Gasteiger partial charge in [-0.3, -0.25) is 4.79 Å². The summed E-state index contributed by atoms with van der Waals surface area (Å²) < 4.78 is 5.07. The van der Waals surface area contributed by atoms with E-state index in [1.165, 1.54) is 11.8 Å². The molecule has 1 amide bonds. The molecule has 4 heteroatoms. The van der Waals surface area contributed by atoms with Crippen molar-refractivity contribution in [3.8, 4) is 6.07 Å². The predicted octanol–water partition coefficient (Wildman–Crippen LogP) is 2.46. The van der Waals surface area contributed by atoms with E-state index in [1.54, 1.807) is 12.1 Å². The molecule has 0 spiro atoms. The third-order valence-corrected chi connectivity index (χ3v) is 3.74. The third kappa shape index (κ3) is 2.19. The number of nitrogens with one attached hydrogen (secondary N) is 1. The van der Waals surface area contributed by atoms with Gasteiger partial charge in [-0.2, -0.15) is 5.26 Å². The monoisotopic (exact) mass is 266 g/mol. The lowest BCUT2D eigenvalue weighted by molar-refractivity contribution is 0.0885. The molecule has 0 radical (unpaired) electrons. The number of benzene rings is 1. The normalized spacial score (nSPS) is 20.8. The van der Waals surface area contributed by atoms with Crippen LogP contribution in [0, 0.1) is 11.3 Å². The highest BCUT2D eigenvalue weighted by atomic mass is 16.3. The number of carbonyl (C=O) groups is 1. The van der Waals surface area contributed by atoms with Gasteiger partial charge in [-0.05, 0) is 36.1 Å². The van der Waals surface area contributed by atoms with Gasteiger partial charge in [0, 0.05) is 6.42 Å². The van der Waals surface area contributed by atoms with E-state index >= 15 is 0 Å². The fourth-order valence-corrected chi connectivity index (χ4v) is 2.65. The maximum atomic E-state index is 12.1. The molecule has 1 aromatic heterocycles. The van der Waals surface area contributed by atoms with E-state index in [2.05, 4.69) is 17.5 Å². The minimum atomic E-state index is -0.849. The molecule has 3 rings (SSSR count). The molecule has 0 saturated heterocycles. The van der Waals surface area contributed by atoms with Crippen molar-refractivity contribution < 1.29 is 9.21 Å². The minimum Gasteiger partial charge on any atom is -0.459 e. The first-order chi connectivity index (χ1) is 9.72. The Bertz CT molecular complexity index is 670. The first-order valence-electron chi connectivity index (χ1n) is 6.56.